The van der Waals surface area contributed by atoms with E-state index in [0.29, 0.717) is 6.04 Å². The zero-order valence-corrected chi connectivity index (χ0v) is 13.0. The van der Waals surface area contributed by atoms with Crippen LogP contribution >= 0.6 is 11.8 Å². The van der Waals surface area contributed by atoms with Gasteiger partial charge in [-0.3, -0.25) is 0 Å². The lowest BCUT2D eigenvalue weighted by Gasteiger charge is -2.27. The summed E-state index contributed by atoms with van der Waals surface area (Å²) in [6.07, 6.45) is 1.25. The zero-order chi connectivity index (χ0) is 13.5. The number of thioether (sulfide) groups is 1. The van der Waals surface area contributed by atoms with Crippen molar-refractivity contribution in [1.29, 1.82) is 0 Å². The van der Waals surface area contributed by atoms with Gasteiger partial charge in [0.1, 0.15) is 0 Å². The van der Waals surface area contributed by atoms with E-state index in [1.165, 1.54) is 35.6 Å². The highest BCUT2D eigenvalue weighted by Gasteiger charge is 2.19. The van der Waals surface area contributed by atoms with Crippen LogP contribution in [0.3, 0.4) is 0 Å². The van der Waals surface area contributed by atoms with E-state index < -0.39 is 0 Å². The third kappa shape index (κ3) is 4.23. The summed E-state index contributed by atoms with van der Waals surface area (Å²) in [4.78, 5) is 2.52. The Morgan fingerprint density at radius 2 is 2.11 bits per heavy atom. The van der Waals surface area contributed by atoms with Gasteiger partial charge in [-0.15, -0.1) is 0 Å². The van der Waals surface area contributed by atoms with Crippen LogP contribution in [0.15, 0.2) is 24.3 Å². The molecule has 1 aliphatic heterocycles. The Morgan fingerprint density at radius 3 is 2.89 bits per heavy atom. The van der Waals surface area contributed by atoms with E-state index in [4.69, 9.17) is 0 Å². The first-order valence-corrected chi connectivity index (χ1v) is 8.62. The summed E-state index contributed by atoms with van der Waals surface area (Å²) in [5.41, 5.74) is 3.02. The summed E-state index contributed by atoms with van der Waals surface area (Å²) in [5, 5.41) is 3.74. The third-order valence-corrected chi connectivity index (χ3v) is 4.86. The van der Waals surface area contributed by atoms with Crippen molar-refractivity contribution in [3.05, 3.63) is 35.4 Å². The Hall–Kier alpha value is -0.510. The predicted molar refractivity (Wildman–Crippen MR) is 85.8 cm³/mol. The van der Waals surface area contributed by atoms with Crippen LogP contribution in [0.5, 0.6) is 0 Å². The third-order valence-electron chi connectivity index (χ3n) is 3.78. The summed E-state index contributed by atoms with van der Waals surface area (Å²) >= 11 is 2.04. The Bertz CT molecular complexity index is 381. The van der Waals surface area contributed by atoms with Gasteiger partial charge in [0.05, 0.1) is 0 Å². The van der Waals surface area contributed by atoms with E-state index in [-0.39, 0.29) is 0 Å². The van der Waals surface area contributed by atoms with Gasteiger partial charge in [0, 0.05) is 30.6 Å². The van der Waals surface area contributed by atoms with Crippen molar-refractivity contribution >= 4 is 11.8 Å². The molecule has 106 valence electrons. The quantitative estimate of drug-likeness (QED) is 0.824. The molecular formula is C16H26N2S. The minimum atomic E-state index is 0.537. The van der Waals surface area contributed by atoms with E-state index in [1.807, 2.05) is 11.8 Å². The van der Waals surface area contributed by atoms with Crippen molar-refractivity contribution in [3.8, 4) is 0 Å². The fraction of sp³-hybridized carbons (Fsp3) is 0.625. The van der Waals surface area contributed by atoms with E-state index >= 15 is 0 Å². The van der Waals surface area contributed by atoms with E-state index in [2.05, 4.69) is 48.3 Å². The summed E-state index contributed by atoms with van der Waals surface area (Å²) in [7, 11) is 0. The van der Waals surface area contributed by atoms with Gasteiger partial charge in [0.2, 0.25) is 0 Å². The number of rotatable bonds is 7. The van der Waals surface area contributed by atoms with Crippen molar-refractivity contribution in [2.24, 2.45) is 0 Å². The van der Waals surface area contributed by atoms with Gasteiger partial charge in [0.15, 0.2) is 0 Å². The monoisotopic (exact) mass is 278 g/mol. The first-order chi connectivity index (χ1) is 9.35. The van der Waals surface area contributed by atoms with Crippen molar-refractivity contribution in [1.82, 2.24) is 10.2 Å². The molecule has 0 fully saturated rings. The summed E-state index contributed by atoms with van der Waals surface area (Å²) in [5.74, 6) is 2.38. The molecule has 1 N–H and O–H groups in total. The van der Waals surface area contributed by atoms with Crippen molar-refractivity contribution in [2.75, 3.05) is 31.9 Å². The molecule has 1 aromatic rings. The van der Waals surface area contributed by atoms with Crippen LogP contribution in [0, 0.1) is 0 Å². The summed E-state index contributed by atoms with van der Waals surface area (Å²) in [6, 6.07) is 9.42. The topological polar surface area (TPSA) is 15.3 Å². The minimum absolute atomic E-state index is 0.537. The van der Waals surface area contributed by atoms with Gasteiger partial charge in [-0.25, -0.2) is 0 Å². The summed E-state index contributed by atoms with van der Waals surface area (Å²) < 4.78 is 0. The second-order valence-electron chi connectivity index (χ2n) is 5.15. The number of benzene rings is 1. The van der Waals surface area contributed by atoms with Crippen LogP contribution < -0.4 is 5.32 Å². The minimum Gasteiger partial charge on any atom is -0.308 e. The lowest BCUT2D eigenvalue weighted by atomic mass is 10.0. The van der Waals surface area contributed by atoms with E-state index in [9.17, 15) is 0 Å². The molecule has 0 aliphatic carbocycles. The number of nitrogens with zero attached hydrogens (tertiary/aromatic N) is 1. The molecule has 0 bridgehead atoms. The molecular weight excluding hydrogens is 252 g/mol. The highest BCUT2D eigenvalue weighted by atomic mass is 32.2. The molecule has 1 unspecified atom stereocenters. The summed E-state index contributed by atoms with van der Waals surface area (Å²) in [6.45, 7) is 9.13. The van der Waals surface area contributed by atoms with Gasteiger partial charge in [0.25, 0.3) is 0 Å². The molecule has 1 aliphatic rings. The van der Waals surface area contributed by atoms with Crippen LogP contribution in [0.4, 0.5) is 0 Å². The number of hydrogen-bond acceptors (Lipinski definition) is 3. The first kappa shape index (κ1) is 14.9. The average molecular weight is 278 g/mol. The second-order valence-corrected chi connectivity index (χ2v) is 6.19. The van der Waals surface area contributed by atoms with Crippen molar-refractivity contribution in [3.63, 3.8) is 0 Å². The van der Waals surface area contributed by atoms with Gasteiger partial charge in [-0.2, -0.15) is 11.8 Å². The Labute approximate surface area is 122 Å². The maximum atomic E-state index is 3.74. The SMILES string of the molecule is CCCN(CC)CCNC1CSCc2ccccc21. The molecule has 1 heterocycles. The standard InChI is InChI=1S/C16H26N2S/c1-3-10-18(4-2)11-9-17-16-13-19-12-14-7-5-6-8-15(14)16/h5-8,16-17H,3-4,9-13H2,1-2H3. The van der Waals surface area contributed by atoms with Crippen molar-refractivity contribution < 1.29 is 0 Å². The molecule has 1 aromatic carbocycles. The molecule has 1 atom stereocenters. The first-order valence-electron chi connectivity index (χ1n) is 7.46. The van der Waals surface area contributed by atoms with Crippen LogP contribution in [0.25, 0.3) is 0 Å². The lowest BCUT2D eigenvalue weighted by molar-refractivity contribution is 0.284. The maximum absolute atomic E-state index is 3.74. The number of hydrogen-bond donors (Lipinski definition) is 1. The predicted octanol–water partition coefficient (Wildman–Crippen LogP) is 3.30. The van der Waals surface area contributed by atoms with Crippen molar-refractivity contribution in [2.45, 2.75) is 32.1 Å². The van der Waals surface area contributed by atoms with Gasteiger partial charge < -0.3 is 10.2 Å². The Balaban J connectivity index is 1.84. The normalized spacial score (nSPS) is 18.6. The molecule has 0 radical (unpaired) electrons. The Morgan fingerprint density at radius 1 is 1.26 bits per heavy atom. The fourth-order valence-corrected chi connectivity index (χ4v) is 3.83. The molecule has 3 heteroatoms. The molecule has 19 heavy (non-hydrogen) atoms. The molecule has 0 saturated carbocycles. The molecule has 2 rings (SSSR count). The number of nitrogens with one attached hydrogen (secondary N) is 1. The number of likely N-dealkylation sites (N-methyl/N-ethyl adjacent to an activating group) is 1. The molecule has 0 amide bonds. The van der Waals surface area contributed by atoms with Gasteiger partial charge in [-0.05, 0) is 30.6 Å². The fourth-order valence-electron chi connectivity index (χ4n) is 2.69. The van der Waals surface area contributed by atoms with Gasteiger partial charge in [-0.1, -0.05) is 38.1 Å². The number of fused-ring (bicyclic) bond motifs is 1. The van der Waals surface area contributed by atoms with Crippen LogP contribution in [-0.4, -0.2) is 36.8 Å². The zero-order valence-electron chi connectivity index (χ0n) is 12.2. The highest BCUT2D eigenvalue weighted by molar-refractivity contribution is 7.98. The largest absolute Gasteiger partial charge is 0.308 e. The Kier molecular flexibility index (Phi) is 6.21. The van der Waals surface area contributed by atoms with E-state index in [1.54, 1.807) is 0 Å². The van der Waals surface area contributed by atoms with Gasteiger partial charge >= 0.3 is 0 Å². The van der Waals surface area contributed by atoms with Crippen LogP contribution in [0.2, 0.25) is 0 Å². The lowest BCUT2D eigenvalue weighted by Crippen LogP contribution is -2.35. The molecule has 0 aromatic heterocycles. The maximum Gasteiger partial charge on any atom is 0.0415 e. The molecule has 2 nitrogen and oxygen atoms in total. The van der Waals surface area contributed by atoms with Crippen LogP contribution in [0.1, 0.15) is 37.4 Å². The molecule has 0 spiro atoms. The smallest absolute Gasteiger partial charge is 0.0415 e. The van der Waals surface area contributed by atoms with Crippen LogP contribution in [-0.2, 0) is 5.75 Å². The van der Waals surface area contributed by atoms with E-state index in [0.717, 1.165) is 19.6 Å². The highest BCUT2D eigenvalue weighted by Crippen LogP contribution is 2.31. The molecule has 0 saturated heterocycles. The second kappa shape index (κ2) is 7.93. The average Bonchev–Trinajstić information content (AvgIpc) is 2.46.